The summed E-state index contributed by atoms with van der Waals surface area (Å²) < 4.78 is 0.989. The van der Waals surface area contributed by atoms with Crippen molar-refractivity contribution in [3.05, 3.63) is 64.8 Å². The van der Waals surface area contributed by atoms with Gasteiger partial charge < -0.3 is 4.90 Å². The van der Waals surface area contributed by atoms with Crippen molar-refractivity contribution in [2.24, 2.45) is 0 Å². The Balaban J connectivity index is 1.99. The largest absolute Gasteiger partial charge is 0.322 e. The first kappa shape index (κ1) is 10.5. The number of hydrogen-bond donors (Lipinski definition) is 0. The minimum atomic E-state index is 0.851. The van der Waals surface area contributed by atoms with E-state index in [1.807, 2.05) is 24.4 Å². The monoisotopic (exact) mass is 286 g/mol. The zero-order valence-electron chi connectivity index (χ0n) is 9.23. The molecule has 0 N–H and O–H groups in total. The quantitative estimate of drug-likeness (QED) is 0.792. The van der Waals surface area contributed by atoms with Crippen LogP contribution in [-0.2, 0) is 6.54 Å². The second-order valence-electron chi connectivity index (χ2n) is 4.02. The molecule has 1 aliphatic rings. The van der Waals surface area contributed by atoms with Crippen molar-refractivity contribution in [2.45, 2.75) is 6.54 Å². The summed E-state index contributed by atoms with van der Waals surface area (Å²) in [6, 6.07) is 12.3. The average molecular weight is 287 g/mol. The first-order chi connectivity index (χ1) is 8.25. The molecule has 3 rings (SSSR count). The van der Waals surface area contributed by atoms with Gasteiger partial charge in [-0.25, -0.2) is 4.98 Å². The second-order valence-corrected chi connectivity index (χ2v) is 4.94. The van der Waals surface area contributed by atoms with Gasteiger partial charge in [-0.05, 0) is 33.6 Å². The molecule has 0 aliphatic carbocycles. The Morgan fingerprint density at radius 1 is 1.18 bits per heavy atom. The van der Waals surface area contributed by atoms with Crippen molar-refractivity contribution >= 4 is 27.4 Å². The number of fused-ring (bicyclic) bond motifs is 1. The molecule has 2 nitrogen and oxygen atoms in total. The summed E-state index contributed by atoms with van der Waals surface area (Å²) in [5.41, 5.74) is 3.55. The third-order valence-electron chi connectivity index (χ3n) is 2.97. The molecule has 0 spiro atoms. The molecule has 2 aromatic rings. The van der Waals surface area contributed by atoms with Crippen molar-refractivity contribution in [3.63, 3.8) is 0 Å². The van der Waals surface area contributed by atoms with E-state index in [1.54, 1.807) is 0 Å². The highest BCUT2D eigenvalue weighted by Gasteiger charge is 2.23. The summed E-state index contributed by atoms with van der Waals surface area (Å²) in [5.74, 6) is 0.939. The van der Waals surface area contributed by atoms with Crippen LogP contribution in [-0.4, -0.2) is 4.98 Å². The zero-order valence-corrected chi connectivity index (χ0v) is 10.8. The van der Waals surface area contributed by atoms with Gasteiger partial charge in [0.05, 0.1) is 6.54 Å². The fourth-order valence-electron chi connectivity index (χ4n) is 2.10. The fourth-order valence-corrected chi connectivity index (χ4v) is 2.33. The van der Waals surface area contributed by atoms with Gasteiger partial charge in [-0.2, -0.15) is 0 Å². The van der Waals surface area contributed by atoms with E-state index in [0.717, 1.165) is 22.5 Å². The van der Waals surface area contributed by atoms with Gasteiger partial charge in [0.1, 0.15) is 5.82 Å². The topological polar surface area (TPSA) is 16.1 Å². The van der Waals surface area contributed by atoms with Gasteiger partial charge in [0, 0.05) is 21.9 Å². The van der Waals surface area contributed by atoms with Gasteiger partial charge in [0.25, 0.3) is 0 Å². The van der Waals surface area contributed by atoms with E-state index >= 15 is 0 Å². The van der Waals surface area contributed by atoms with Crippen molar-refractivity contribution < 1.29 is 0 Å². The normalized spacial score (nSPS) is 13.9. The van der Waals surface area contributed by atoms with Gasteiger partial charge in [-0.1, -0.05) is 30.8 Å². The molecule has 0 saturated carbocycles. The van der Waals surface area contributed by atoms with Crippen molar-refractivity contribution in [1.29, 1.82) is 0 Å². The van der Waals surface area contributed by atoms with E-state index in [0.29, 0.717) is 0 Å². The number of halogens is 1. The molecule has 0 unspecified atom stereocenters. The van der Waals surface area contributed by atoms with E-state index in [4.69, 9.17) is 0 Å². The fraction of sp³-hybridized carbons (Fsp3) is 0.0714. The number of rotatable bonds is 1. The first-order valence-corrected chi connectivity index (χ1v) is 6.21. The van der Waals surface area contributed by atoms with Crippen molar-refractivity contribution in [3.8, 4) is 0 Å². The Morgan fingerprint density at radius 2 is 2.00 bits per heavy atom. The molecular formula is C14H11BrN2. The molecule has 0 atom stereocenters. The van der Waals surface area contributed by atoms with Crippen LogP contribution < -0.4 is 4.90 Å². The molecule has 0 bridgehead atoms. The van der Waals surface area contributed by atoms with Crippen LogP contribution in [0.5, 0.6) is 0 Å². The Hall–Kier alpha value is -1.61. The van der Waals surface area contributed by atoms with Crippen LogP contribution in [0.15, 0.2) is 53.6 Å². The number of pyridine rings is 1. The summed E-state index contributed by atoms with van der Waals surface area (Å²) >= 11 is 3.39. The summed E-state index contributed by atoms with van der Waals surface area (Å²) in [6.07, 6.45) is 1.81. The van der Waals surface area contributed by atoms with Gasteiger partial charge >= 0.3 is 0 Å². The van der Waals surface area contributed by atoms with Crippen molar-refractivity contribution in [2.75, 3.05) is 4.90 Å². The Bertz CT molecular complexity index is 575. The van der Waals surface area contributed by atoms with Gasteiger partial charge in [-0.15, -0.1) is 0 Å². The van der Waals surface area contributed by atoms with Crippen LogP contribution in [0.1, 0.15) is 11.1 Å². The maximum Gasteiger partial charge on any atom is 0.133 e. The zero-order chi connectivity index (χ0) is 11.8. The van der Waals surface area contributed by atoms with Crippen LogP contribution in [0.2, 0.25) is 0 Å². The number of hydrogen-bond acceptors (Lipinski definition) is 2. The summed E-state index contributed by atoms with van der Waals surface area (Å²) in [4.78, 5) is 6.55. The highest BCUT2D eigenvalue weighted by Crippen LogP contribution is 2.34. The molecule has 0 fully saturated rings. The molecule has 1 aromatic heterocycles. The lowest BCUT2D eigenvalue weighted by atomic mass is 10.1. The highest BCUT2D eigenvalue weighted by atomic mass is 79.9. The number of nitrogens with zero attached hydrogens (tertiary/aromatic N) is 2. The minimum absolute atomic E-state index is 0.851. The van der Waals surface area contributed by atoms with Gasteiger partial charge in [0.15, 0.2) is 0 Å². The Kier molecular flexibility index (Phi) is 2.48. The number of benzene rings is 1. The minimum Gasteiger partial charge on any atom is -0.322 e. The third kappa shape index (κ3) is 1.76. The molecular weight excluding hydrogens is 276 g/mol. The van der Waals surface area contributed by atoms with Crippen LogP contribution in [0.3, 0.4) is 0 Å². The number of anilines is 1. The molecule has 0 saturated heterocycles. The second kappa shape index (κ2) is 4.00. The third-order valence-corrected chi connectivity index (χ3v) is 3.44. The molecule has 1 aromatic carbocycles. The predicted molar refractivity (Wildman–Crippen MR) is 73.6 cm³/mol. The SMILES string of the molecule is C=C1c2ccccc2CN1c1ccc(Br)cn1. The molecule has 2 heterocycles. The van der Waals surface area contributed by atoms with E-state index in [2.05, 4.69) is 50.6 Å². The maximum absolute atomic E-state index is 4.41. The lowest BCUT2D eigenvalue weighted by Gasteiger charge is -2.17. The maximum atomic E-state index is 4.41. The Morgan fingerprint density at radius 3 is 2.71 bits per heavy atom. The van der Waals surface area contributed by atoms with E-state index in [1.165, 1.54) is 11.1 Å². The molecule has 0 amide bonds. The lowest BCUT2D eigenvalue weighted by molar-refractivity contribution is 1.00. The molecule has 1 aliphatic heterocycles. The summed E-state index contributed by atoms with van der Waals surface area (Å²) in [7, 11) is 0. The molecule has 17 heavy (non-hydrogen) atoms. The molecule has 84 valence electrons. The summed E-state index contributed by atoms with van der Waals surface area (Å²) in [5, 5.41) is 0. The first-order valence-electron chi connectivity index (χ1n) is 5.42. The molecule has 0 radical (unpaired) electrons. The van der Waals surface area contributed by atoms with Crippen molar-refractivity contribution in [1.82, 2.24) is 4.98 Å². The van der Waals surface area contributed by atoms with Crippen LogP contribution in [0.4, 0.5) is 5.82 Å². The summed E-state index contributed by atoms with van der Waals surface area (Å²) in [6.45, 7) is 5.00. The standard InChI is InChI=1S/C14H11BrN2/c1-10-13-5-3-2-4-11(13)9-17(10)14-7-6-12(15)8-16-14/h2-8H,1,9H2. The van der Waals surface area contributed by atoms with E-state index in [9.17, 15) is 0 Å². The van der Waals surface area contributed by atoms with Gasteiger partial charge in [-0.3, -0.25) is 0 Å². The van der Waals surface area contributed by atoms with Gasteiger partial charge in [0.2, 0.25) is 0 Å². The lowest BCUT2D eigenvalue weighted by Crippen LogP contribution is -2.14. The smallest absolute Gasteiger partial charge is 0.133 e. The Labute approximate surface area is 109 Å². The predicted octanol–water partition coefficient (Wildman–Crippen LogP) is 3.84. The van der Waals surface area contributed by atoms with E-state index < -0.39 is 0 Å². The highest BCUT2D eigenvalue weighted by molar-refractivity contribution is 9.10. The van der Waals surface area contributed by atoms with Crippen LogP contribution >= 0.6 is 15.9 Å². The number of aromatic nitrogens is 1. The average Bonchev–Trinajstić information content (AvgIpc) is 2.69. The van der Waals surface area contributed by atoms with E-state index in [-0.39, 0.29) is 0 Å². The van der Waals surface area contributed by atoms with Crippen LogP contribution in [0.25, 0.3) is 5.70 Å². The molecule has 3 heteroatoms. The van der Waals surface area contributed by atoms with Crippen LogP contribution in [0, 0.1) is 0 Å².